The molecule has 4 heteroatoms. The maximum absolute atomic E-state index is 12.8. The average molecular weight is 423 g/mol. The molecule has 27 heavy (non-hydrogen) atoms. The number of benzene rings is 3. The molecule has 1 atom stereocenters. The summed E-state index contributed by atoms with van der Waals surface area (Å²) >= 11 is 3.56. The number of piperidine rings is 1. The molecule has 0 aliphatic carbocycles. The lowest BCUT2D eigenvalue weighted by molar-refractivity contribution is 0.102. The van der Waals surface area contributed by atoms with E-state index >= 15 is 0 Å². The molecule has 0 spiro atoms. The fourth-order valence-electron chi connectivity index (χ4n) is 3.89. The first kappa shape index (κ1) is 18.1. The van der Waals surface area contributed by atoms with Gasteiger partial charge in [0.15, 0.2) is 0 Å². The molecule has 1 fully saturated rings. The molecule has 1 aliphatic rings. The number of halogens is 1. The minimum atomic E-state index is -0.0854. The lowest BCUT2D eigenvalue weighted by Gasteiger charge is -2.35. The molecule has 0 saturated carbocycles. The summed E-state index contributed by atoms with van der Waals surface area (Å²) in [5, 5.41) is 5.03. The van der Waals surface area contributed by atoms with Crippen molar-refractivity contribution < 1.29 is 4.79 Å². The summed E-state index contributed by atoms with van der Waals surface area (Å²) in [5.74, 6) is -0.0854. The first-order valence-corrected chi connectivity index (χ1v) is 10.3. The third-order valence-electron chi connectivity index (χ3n) is 5.37. The van der Waals surface area contributed by atoms with E-state index in [4.69, 9.17) is 0 Å². The Balaban J connectivity index is 1.54. The molecule has 0 unspecified atom stereocenters. The van der Waals surface area contributed by atoms with E-state index in [0.29, 0.717) is 11.6 Å². The molecule has 0 bridgehead atoms. The number of hydrogen-bond donors (Lipinski definition) is 1. The molecule has 1 saturated heterocycles. The maximum Gasteiger partial charge on any atom is 0.256 e. The Morgan fingerprint density at radius 2 is 1.74 bits per heavy atom. The van der Waals surface area contributed by atoms with Crippen LogP contribution in [0.4, 0.5) is 11.4 Å². The van der Waals surface area contributed by atoms with Gasteiger partial charge in [0.1, 0.15) is 0 Å². The number of fused-ring (bicyclic) bond motifs is 1. The minimum absolute atomic E-state index is 0.0854. The van der Waals surface area contributed by atoms with Crippen LogP contribution in [-0.4, -0.2) is 18.5 Å². The van der Waals surface area contributed by atoms with Crippen LogP contribution in [0, 0.1) is 0 Å². The largest absolute Gasteiger partial charge is 0.369 e. The molecule has 3 aromatic carbocycles. The van der Waals surface area contributed by atoms with Crippen LogP contribution in [0.25, 0.3) is 10.8 Å². The van der Waals surface area contributed by atoms with Gasteiger partial charge in [-0.2, -0.15) is 0 Å². The lowest BCUT2D eigenvalue weighted by atomic mass is 10.0. The van der Waals surface area contributed by atoms with E-state index < -0.39 is 0 Å². The molecule has 1 N–H and O–H groups in total. The zero-order valence-electron chi connectivity index (χ0n) is 15.4. The Morgan fingerprint density at radius 1 is 1.00 bits per heavy atom. The van der Waals surface area contributed by atoms with E-state index in [1.54, 1.807) is 0 Å². The van der Waals surface area contributed by atoms with Gasteiger partial charge in [-0.25, -0.2) is 0 Å². The molecule has 1 heterocycles. The smallest absolute Gasteiger partial charge is 0.256 e. The van der Waals surface area contributed by atoms with Gasteiger partial charge in [-0.05, 0) is 73.4 Å². The molecule has 0 radical (unpaired) electrons. The number of nitrogens with one attached hydrogen (secondary N) is 1. The Morgan fingerprint density at radius 3 is 2.52 bits per heavy atom. The van der Waals surface area contributed by atoms with E-state index in [-0.39, 0.29) is 5.91 Å². The van der Waals surface area contributed by atoms with Crippen molar-refractivity contribution in [3.8, 4) is 0 Å². The van der Waals surface area contributed by atoms with E-state index in [1.807, 2.05) is 48.5 Å². The second-order valence-electron chi connectivity index (χ2n) is 7.18. The summed E-state index contributed by atoms with van der Waals surface area (Å²) in [6.07, 6.45) is 3.81. The summed E-state index contributed by atoms with van der Waals surface area (Å²) in [4.78, 5) is 15.3. The molecular weight excluding hydrogens is 400 g/mol. The average Bonchev–Trinajstić information content (AvgIpc) is 2.69. The monoisotopic (exact) mass is 422 g/mol. The van der Waals surface area contributed by atoms with Gasteiger partial charge in [0.05, 0.1) is 0 Å². The molecule has 4 rings (SSSR count). The van der Waals surface area contributed by atoms with Crippen molar-refractivity contribution in [3.63, 3.8) is 0 Å². The normalized spacial score (nSPS) is 17.1. The molecule has 1 amide bonds. The second-order valence-corrected chi connectivity index (χ2v) is 8.03. The number of carbonyl (C=O) groups is 1. The topological polar surface area (TPSA) is 32.3 Å². The number of nitrogens with zero attached hydrogens (tertiary/aromatic N) is 1. The van der Waals surface area contributed by atoms with E-state index in [1.165, 1.54) is 24.9 Å². The van der Waals surface area contributed by atoms with Crippen LogP contribution in [0.15, 0.2) is 65.1 Å². The van der Waals surface area contributed by atoms with Crippen molar-refractivity contribution in [1.82, 2.24) is 0 Å². The van der Waals surface area contributed by atoms with Crippen LogP contribution in [0.1, 0.15) is 36.5 Å². The highest BCUT2D eigenvalue weighted by Crippen LogP contribution is 2.28. The van der Waals surface area contributed by atoms with Gasteiger partial charge >= 0.3 is 0 Å². The standard InChI is InChI=1S/C23H23BrN2O/c1-16-6-2-3-15-26(16)18-13-11-17(12-14-18)25-23(27)21-9-4-8-20-19(21)7-5-10-22(20)24/h4-5,7-14,16H,2-3,6,15H2,1H3,(H,25,27)/t16-/m1/s1. The molecule has 3 nitrogen and oxygen atoms in total. The number of rotatable bonds is 3. The van der Waals surface area contributed by atoms with Gasteiger partial charge in [0.25, 0.3) is 5.91 Å². The Bertz CT molecular complexity index is 968. The zero-order chi connectivity index (χ0) is 18.8. The zero-order valence-corrected chi connectivity index (χ0v) is 17.0. The SMILES string of the molecule is C[C@@H]1CCCCN1c1ccc(NC(=O)c2cccc3c(Br)cccc23)cc1. The quantitative estimate of drug-likeness (QED) is 0.541. The summed E-state index contributed by atoms with van der Waals surface area (Å²) in [6.45, 7) is 3.39. The maximum atomic E-state index is 12.8. The molecule has 0 aromatic heterocycles. The highest BCUT2D eigenvalue weighted by Gasteiger charge is 2.18. The van der Waals surface area contributed by atoms with Gasteiger partial charge in [-0.3, -0.25) is 4.79 Å². The number of anilines is 2. The first-order valence-electron chi connectivity index (χ1n) is 9.49. The fourth-order valence-corrected chi connectivity index (χ4v) is 4.38. The van der Waals surface area contributed by atoms with E-state index in [9.17, 15) is 4.79 Å². The minimum Gasteiger partial charge on any atom is -0.369 e. The Labute approximate surface area is 168 Å². The van der Waals surface area contributed by atoms with Crippen LogP contribution >= 0.6 is 15.9 Å². The van der Waals surface area contributed by atoms with Gasteiger partial charge < -0.3 is 10.2 Å². The predicted octanol–water partition coefficient (Wildman–Crippen LogP) is 6.23. The van der Waals surface area contributed by atoms with Gasteiger partial charge in [-0.15, -0.1) is 0 Å². The summed E-state index contributed by atoms with van der Waals surface area (Å²) < 4.78 is 0.995. The van der Waals surface area contributed by atoms with Crippen LogP contribution in [0.2, 0.25) is 0 Å². The van der Waals surface area contributed by atoms with E-state index in [2.05, 4.69) is 45.2 Å². The highest BCUT2D eigenvalue weighted by molar-refractivity contribution is 9.10. The second kappa shape index (κ2) is 7.73. The predicted molar refractivity (Wildman–Crippen MR) is 117 cm³/mol. The van der Waals surface area contributed by atoms with Crippen molar-refractivity contribution in [2.75, 3.05) is 16.8 Å². The summed E-state index contributed by atoms with van der Waals surface area (Å²) in [6, 6.07) is 20.5. The third kappa shape index (κ3) is 3.72. The Kier molecular flexibility index (Phi) is 5.17. The molecule has 3 aromatic rings. The molecular formula is C23H23BrN2O. The number of hydrogen-bond acceptors (Lipinski definition) is 2. The van der Waals surface area contributed by atoms with Crippen LogP contribution < -0.4 is 10.2 Å². The number of carbonyl (C=O) groups excluding carboxylic acids is 1. The summed E-state index contributed by atoms with van der Waals surface area (Å²) in [7, 11) is 0. The fraction of sp³-hybridized carbons (Fsp3) is 0.261. The third-order valence-corrected chi connectivity index (χ3v) is 6.06. The van der Waals surface area contributed by atoms with Crippen LogP contribution in [0.5, 0.6) is 0 Å². The Hall–Kier alpha value is -2.33. The van der Waals surface area contributed by atoms with Crippen molar-refractivity contribution in [2.45, 2.75) is 32.2 Å². The van der Waals surface area contributed by atoms with Crippen molar-refractivity contribution >= 4 is 44.0 Å². The van der Waals surface area contributed by atoms with Crippen LogP contribution in [0.3, 0.4) is 0 Å². The van der Waals surface area contributed by atoms with Crippen molar-refractivity contribution in [3.05, 3.63) is 70.7 Å². The summed E-state index contributed by atoms with van der Waals surface area (Å²) in [5.41, 5.74) is 2.73. The molecule has 1 aliphatic heterocycles. The van der Waals surface area contributed by atoms with Gasteiger partial charge in [0.2, 0.25) is 0 Å². The highest BCUT2D eigenvalue weighted by atomic mass is 79.9. The molecule has 138 valence electrons. The van der Waals surface area contributed by atoms with Crippen molar-refractivity contribution in [1.29, 1.82) is 0 Å². The van der Waals surface area contributed by atoms with Crippen molar-refractivity contribution in [2.24, 2.45) is 0 Å². The van der Waals surface area contributed by atoms with Crippen LogP contribution in [-0.2, 0) is 0 Å². The van der Waals surface area contributed by atoms with E-state index in [0.717, 1.165) is 27.5 Å². The first-order chi connectivity index (χ1) is 13.1. The van der Waals surface area contributed by atoms with Gasteiger partial charge in [-0.1, -0.05) is 40.2 Å². The van der Waals surface area contributed by atoms with Gasteiger partial charge in [0, 0.05) is 34.0 Å². The number of amides is 1. The lowest BCUT2D eigenvalue weighted by Crippen LogP contribution is -2.37.